The Labute approximate surface area is 184 Å². The highest BCUT2D eigenvalue weighted by Crippen LogP contribution is 2.49. The van der Waals surface area contributed by atoms with Gasteiger partial charge in [0.25, 0.3) is 0 Å². The second-order valence-electron chi connectivity index (χ2n) is 7.43. The number of fused-ring (bicyclic) bond motifs is 3. The highest BCUT2D eigenvalue weighted by molar-refractivity contribution is 6.15. The number of hydrogen-bond donors (Lipinski definition) is 0. The van der Waals surface area contributed by atoms with E-state index in [0.29, 0.717) is 34.1 Å². The van der Waals surface area contributed by atoms with Crippen molar-refractivity contribution in [2.75, 3.05) is 14.2 Å². The molecule has 0 aliphatic carbocycles. The van der Waals surface area contributed by atoms with E-state index in [9.17, 15) is 9.59 Å². The second kappa shape index (κ2) is 7.85. The van der Waals surface area contributed by atoms with E-state index >= 15 is 0 Å². The van der Waals surface area contributed by atoms with Gasteiger partial charge >= 0.3 is 5.97 Å². The van der Waals surface area contributed by atoms with Crippen LogP contribution in [0.2, 0.25) is 0 Å². The van der Waals surface area contributed by atoms with E-state index in [1.54, 1.807) is 57.0 Å². The van der Waals surface area contributed by atoms with Crippen LogP contribution in [0.4, 0.5) is 0 Å². The van der Waals surface area contributed by atoms with Gasteiger partial charge in [-0.05, 0) is 47.5 Å². The van der Waals surface area contributed by atoms with Crippen LogP contribution in [0.25, 0.3) is 6.08 Å². The van der Waals surface area contributed by atoms with Crippen molar-refractivity contribution in [3.63, 3.8) is 0 Å². The summed E-state index contributed by atoms with van der Waals surface area (Å²) in [5.74, 6) is 1.18. The first kappa shape index (κ1) is 19.8. The van der Waals surface area contributed by atoms with Crippen molar-refractivity contribution in [2.24, 2.45) is 0 Å². The minimum absolute atomic E-state index is 0.109. The van der Waals surface area contributed by atoms with Gasteiger partial charge in [-0.25, -0.2) is 0 Å². The summed E-state index contributed by atoms with van der Waals surface area (Å²) in [5.41, 5.74) is 2.68. The first-order valence-electron chi connectivity index (χ1n) is 10.0. The number of aromatic nitrogens is 1. The first-order valence-corrected chi connectivity index (χ1v) is 10.0. The molecule has 3 aromatic rings. The molecular weight excluding hydrogens is 410 g/mol. The summed E-state index contributed by atoms with van der Waals surface area (Å²) in [4.78, 5) is 29.4. The number of methoxy groups -OCH3 is 2. The summed E-state index contributed by atoms with van der Waals surface area (Å²) < 4.78 is 22.3. The number of esters is 1. The molecule has 2 aliphatic rings. The quantitative estimate of drug-likeness (QED) is 0.350. The van der Waals surface area contributed by atoms with Gasteiger partial charge in [-0.3, -0.25) is 14.6 Å². The van der Waals surface area contributed by atoms with Crippen molar-refractivity contribution < 1.29 is 28.5 Å². The minimum atomic E-state index is -0.369. The van der Waals surface area contributed by atoms with Gasteiger partial charge in [-0.1, -0.05) is 12.1 Å². The van der Waals surface area contributed by atoms with Crippen molar-refractivity contribution in [3.05, 3.63) is 82.9 Å². The molecule has 5 rings (SSSR count). The van der Waals surface area contributed by atoms with Crippen LogP contribution in [-0.2, 0) is 4.79 Å². The third-order valence-electron chi connectivity index (χ3n) is 5.57. The van der Waals surface area contributed by atoms with E-state index < -0.39 is 0 Å². The normalized spacial score (nSPS) is 17.9. The highest BCUT2D eigenvalue weighted by atomic mass is 16.5. The van der Waals surface area contributed by atoms with E-state index in [-0.39, 0.29) is 29.9 Å². The Kier molecular flexibility index (Phi) is 4.86. The molecule has 1 atom stereocenters. The molecular formula is C25H19NO6. The number of hydrogen-bond acceptors (Lipinski definition) is 7. The largest absolute Gasteiger partial charge is 0.493 e. The number of benzene rings is 2. The maximum atomic E-state index is 13.0. The SMILES string of the molecule is COc1ccc(C2CC(=O)Oc3ccc4c(c32)OC(=Cc2cccnc2)C4=O)cc1OC. The Morgan fingerprint density at radius 2 is 1.88 bits per heavy atom. The highest BCUT2D eigenvalue weighted by Gasteiger charge is 2.38. The van der Waals surface area contributed by atoms with Gasteiger partial charge in [0.1, 0.15) is 11.5 Å². The van der Waals surface area contributed by atoms with E-state index in [2.05, 4.69) is 4.98 Å². The van der Waals surface area contributed by atoms with Gasteiger partial charge in [0.2, 0.25) is 5.78 Å². The molecule has 1 aromatic heterocycles. The van der Waals surface area contributed by atoms with E-state index in [4.69, 9.17) is 18.9 Å². The lowest BCUT2D eigenvalue weighted by atomic mass is 9.84. The van der Waals surface area contributed by atoms with Gasteiger partial charge in [0.15, 0.2) is 17.3 Å². The molecule has 1 unspecified atom stereocenters. The van der Waals surface area contributed by atoms with Crippen molar-refractivity contribution in [2.45, 2.75) is 12.3 Å². The fourth-order valence-corrected chi connectivity index (χ4v) is 4.07. The zero-order valence-corrected chi connectivity index (χ0v) is 17.5. The maximum absolute atomic E-state index is 13.0. The Hall–Kier alpha value is -4.13. The lowest BCUT2D eigenvalue weighted by Crippen LogP contribution is -2.21. The average molecular weight is 429 g/mol. The van der Waals surface area contributed by atoms with Crippen LogP contribution >= 0.6 is 0 Å². The fourth-order valence-electron chi connectivity index (χ4n) is 4.07. The monoisotopic (exact) mass is 429 g/mol. The third kappa shape index (κ3) is 3.28. The van der Waals surface area contributed by atoms with Gasteiger partial charge in [-0.15, -0.1) is 0 Å². The predicted octanol–water partition coefficient (Wildman–Crippen LogP) is 4.16. The zero-order valence-electron chi connectivity index (χ0n) is 17.5. The molecule has 0 radical (unpaired) electrons. The summed E-state index contributed by atoms with van der Waals surface area (Å²) in [7, 11) is 3.12. The Bertz CT molecular complexity index is 1260. The summed E-state index contributed by atoms with van der Waals surface area (Å²) in [6.45, 7) is 0. The lowest BCUT2D eigenvalue weighted by molar-refractivity contribution is -0.135. The summed E-state index contributed by atoms with van der Waals surface area (Å²) in [5, 5.41) is 0. The Balaban J connectivity index is 1.62. The zero-order chi connectivity index (χ0) is 22.2. The Morgan fingerprint density at radius 3 is 2.62 bits per heavy atom. The Morgan fingerprint density at radius 1 is 1.03 bits per heavy atom. The fraction of sp³-hybridized carbons (Fsp3) is 0.160. The number of ketones is 1. The van der Waals surface area contributed by atoms with E-state index in [1.165, 1.54) is 0 Å². The van der Waals surface area contributed by atoms with Gasteiger partial charge in [0, 0.05) is 23.9 Å². The van der Waals surface area contributed by atoms with Crippen LogP contribution in [0.3, 0.4) is 0 Å². The lowest BCUT2D eigenvalue weighted by Gasteiger charge is -2.26. The molecule has 0 fully saturated rings. The van der Waals surface area contributed by atoms with Crippen LogP contribution in [0.5, 0.6) is 23.0 Å². The molecule has 160 valence electrons. The molecule has 0 saturated carbocycles. The van der Waals surface area contributed by atoms with Crippen LogP contribution in [0.15, 0.2) is 60.6 Å². The summed E-state index contributed by atoms with van der Waals surface area (Å²) in [6, 6.07) is 12.4. The van der Waals surface area contributed by atoms with Crippen LogP contribution in [-0.4, -0.2) is 31.0 Å². The van der Waals surface area contributed by atoms with Crippen LogP contribution < -0.4 is 18.9 Å². The standard InChI is InChI=1S/C25H19NO6/c1-29-18-7-5-15(11-20(18)30-2)17-12-22(27)31-19-8-6-16-24(28)21(32-25(16)23(17)19)10-14-4-3-9-26-13-14/h3-11,13,17H,12H2,1-2H3. The van der Waals surface area contributed by atoms with Crippen LogP contribution in [0, 0.1) is 0 Å². The minimum Gasteiger partial charge on any atom is -0.493 e. The molecule has 0 N–H and O–H groups in total. The average Bonchev–Trinajstić information content (AvgIpc) is 3.13. The van der Waals surface area contributed by atoms with Gasteiger partial charge < -0.3 is 18.9 Å². The number of Topliss-reactive ketones (excluding diaryl/α,β-unsaturated/α-hetero) is 1. The molecule has 2 aliphatic heterocycles. The van der Waals surface area contributed by atoms with E-state index in [0.717, 1.165) is 11.1 Å². The van der Waals surface area contributed by atoms with Crippen molar-refractivity contribution in [1.82, 2.24) is 4.98 Å². The first-order chi connectivity index (χ1) is 15.6. The van der Waals surface area contributed by atoms with Crippen LogP contribution in [0.1, 0.15) is 39.4 Å². The number of nitrogens with zero attached hydrogens (tertiary/aromatic N) is 1. The predicted molar refractivity (Wildman–Crippen MR) is 115 cm³/mol. The number of ether oxygens (including phenoxy) is 4. The molecule has 0 spiro atoms. The van der Waals surface area contributed by atoms with Crippen molar-refractivity contribution >= 4 is 17.8 Å². The molecule has 3 heterocycles. The van der Waals surface area contributed by atoms with E-state index in [1.807, 2.05) is 18.2 Å². The molecule has 32 heavy (non-hydrogen) atoms. The summed E-state index contributed by atoms with van der Waals surface area (Å²) in [6.07, 6.45) is 5.07. The third-order valence-corrected chi connectivity index (χ3v) is 5.57. The van der Waals surface area contributed by atoms with Gasteiger partial charge in [0.05, 0.1) is 26.2 Å². The van der Waals surface area contributed by atoms with Crippen molar-refractivity contribution in [1.29, 1.82) is 0 Å². The number of rotatable bonds is 4. The molecule has 7 heteroatoms. The second-order valence-corrected chi connectivity index (χ2v) is 7.43. The molecule has 2 aromatic carbocycles. The molecule has 0 amide bonds. The topological polar surface area (TPSA) is 84.0 Å². The number of pyridine rings is 1. The number of carbonyl (C=O) groups excluding carboxylic acids is 2. The van der Waals surface area contributed by atoms with Gasteiger partial charge in [-0.2, -0.15) is 0 Å². The number of allylic oxidation sites excluding steroid dienone is 1. The summed E-state index contributed by atoms with van der Waals surface area (Å²) >= 11 is 0. The molecule has 0 bridgehead atoms. The smallest absolute Gasteiger partial charge is 0.312 e. The molecule has 7 nitrogen and oxygen atoms in total. The number of carbonyl (C=O) groups is 2. The maximum Gasteiger partial charge on any atom is 0.312 e. The molecule has 0 saturated heterocycles. The van der Waals surface area contributed by atoms with Crippen molar-refractivity contribution in [3.8, 4) is 23.0 Å².